The molecule has 4 nitrogen and oxygen atoms in total. The van der Waals surface area contributed by atoms with Crippen molar-refractivity contribution in [2.45, 2.75) is 33.6 Å². The zero-order valence-electron chi connectivity index (χ0n) is 12.4. The van der Waals surface area contributed by atoms with E-state index in [0.717, 1.165) is 34.1 Å². The maximum absolute atomic E-state index is 12.7. The summed E-state index contributed by atoms with van der Waals surface area (Å²) < 4.78 is 9.20. The highest BCUT2D eigenvalue weighted by atomic mass is 32.1. The van der Waals surface area contributed by atoms with Gasteiger partial charge in [0.1, 0.15) is 10.6 Å². The fraction of sp³-hybridized carbons (Fsp3) is 0.400. The van der Waals surface area contributed by atoms with Crippen molar-refractivity contribution in [3.05, 3.63) is 39.4 Å². The second-order valence-corrected chi connectivity index (χ2v) is 5.86. The van der Waals surface area contributed by atoms with E-state index in [1.165, 1.54) is 0 Å². The standard InChI is InChI=1S/C15H18N2O2S/c1-8(2)13-15(20-17-16-13)14(18)11-6-10(4)12(19-5)7-9(11)3/h6-8H,1-5H3. The molecule has 0 amide bonds. The van der Waals surface area contributed by atoms with E-state index in [0.29, 0.717) is 10.4 Å². The summed E-state index contributed by atoms with van der Waals surface area (Å²) >= 11 is 1.16. The molecule has 0 radical (unpaired) electrons. The number of carbonyl (C=O) groups excluding carboxylic acids is 1. The van der Waals surface area contributed by atoms with Crippen molar-refractivity contribution in [3.8, 4) is 5.75 Å². The van der Waals surface area contributed by atoms with E-state index in [4.69, 9.17) is 4.74 Å². The van der Waals surface area contributed by atoms with Crippen LogP contribution < -0.4 is 4.74 Å². The van der Waals surface area contributed by atoms with Crippen molar-refractivity contribution < 1.29 is 9.53 Å². The molecule has 0 spiro atoms. The molecule has 1 aromatic heterocycles. The van der Waals surface area contributed by atoms with Crippen molar-refractivity contribution in [3.63, 3.8) is 0 Å². The van der Waals surface area contributed by atoms with Gasteiger partial charge in [0.05, 0.1) is 12.8 Å². The minimum atomic E-state index is -0.00745. The average molecular weight is 290 g/mol. The molecule has 0 aliphatic carbocycles. The fourth-order valence-corrected chi connectivity index (χ4v) is 2.88. The summed E-state index contributed by atoms with van der Waals surface area (Å²) in [7, 11) is 1.63. The van der Waals surface area contributed by atoms with E-state index >= 15 is 0 Å². The zero-order valence-corrected chi connectivity index (χ0v) is 13.2. The van der Waals surface area contributed by atoms with Gasteiger partial charge in [0, 0.05) is 5.56 Å². The van der Waals surface area contributed by atoms with Crippen LogP contribution in [-0.2, 0) is 0 Å². The predicted molar refractivity (Wildman–Crippen MR) is 79.9 cm³/mol. The number of ketones is 1. The third-order valence-electron chi connectivity index (χ3n) is 3.25. The Hall–Kier alpha value is -1.75. The lowest BCUT2D eigenvalue weighted by Gasteiger charge is -2.10. The van der Waals surface area contributed by atoms with Crippen LogP contribution in [0.25, 0.3) is 0 Å². The molecule has 0 aliphatic heterocycles. The number of carbonyl (C=O) groups is 1. The van der Waals surface area contributed by atoms with Gasteiger partial charge >= 0.3 is 0 Å². The molecule has 1 aromatic carbocycles. The fourth-order valence-electron chi connectivity index (χ4n) is 2.11. The van der Waals surface area contributed by atoms with Gasteiger partial charge in [0.25, 0.3) is 0 Å². The first-order valence-corrected chi connectivity index (χ1v) is 7.25. The molecule has 0 aliphatic rings. The Balaban J connectivity index is 2.49. The molecular weight excluding hydrogens is 272 g/mol. The lowest BCUT2D eigenvalue weighted by molar-refractivity contribution is 0.104. The summed E-state index contributed by atoms with van der Waals surface area (Å²) in [6.45, 7) is 7.88. The van der Waals surface area contributed by atoms with Crippen LogP contribution >= 0.6 is 11.5 Å². The molecule has 0 bridgehead atoms. The third-order valence-corrected chi connectivity index (χ3v) is 3.99. The zero-order chi connectivity index (χ0) is 14.9. The molecule has 5 heteroatoms. The summed E-state index contributed by atoms with van der Waals surface area (Å²) in [6.07, 6.45) is 0. The van der Waals surface area contributed by atoms with Crippen molar-refractivity contribution in [2.75, 3.05) is 7.11 Å². The number of methoxy groups -OCH3 is 1. The highest BCUT2D eigenvalue weighted by Crippen LogP contribution is 2.27. The largest absolute Gasteiger partial charge is 0.496 e. The predicted octanol–water partition coefficient (Wildman–Crippen LogP) is 3.52. The number of benzene rings is 1. The van der Waals surface area contributed by atoms with Crippen molar-refractivity contribution >= 4 is 17.3 Å². The minimum absolute atomic E-state index is 0.00745. The molecule has 0 atom stereocenters. The van der Waals surface area contributed by atoms with E-state index in [9.17, 15) is 4.79 Å². The molecule has 0 unspecified atom stereocenters. The summed E-state index contributed by atoms with van der Waals surface area (Å²) in [4.78, 5) is 13.3. The molecule has 0 fully saturated rings. The Morgan fingerprint density at radius 2 is 1.95 bits per heavy atom. The number of hydrogen-bond donors (Lipinski definition) is 0. The molecule has 0 saturated heterocycles. The highest BCUT2D eigenvalue weighted by molar-refractivity contribution is 7.08. The molecule has 1 heterocycles. The molecule has 0 N–H and O–H groups in total. The second kappa shape index (κ2) is 5.71. The third kappa shape index (κ3) is 2.58. The smallest absolute Gasteiger partial charge is 0.206 e. The van der Waals surface area contributed by atoms with E-state index in [1.807, 2.05) is 39.8 Å². The van der Waals surface area contributed by atoms with Gasteiger partial charge in [-0.1, -0.05) is 18.3 Å². The van der Waals surface area contributed by atoms with Crippen molar-refractivity contribution in [2.24, 2.45) is 0 Å². The average Bonchev–Trinajstić information content (AvgIpc) is 2.89. The monoisotopic (exact) mass is 290 g/mol. The van der Waals surface area contributed by atoms with Crippen LogP contribution in [-0.4, -0.2) is 22.5 Å². The minimum Gasteiger partial charge on any atom is -0.496 e. The van der Waals surface area contributed by atoms with Crippen molar-refractivity contribution in [1.82, 2.24) is 9.59 Å². The molecule has 2 aromatic rings. The normalized spacial score (nSPS) is 10.9. The molecule has 2 rings (SSSR count). The Morgan fingerprint density at radius 1 is 1.25 bits per heavy atom. The highest BCUT2D eigenvalue weighted by Gasteiger charge is 2.22. The first-order valence-electron chi connectivity index (χ1n) is 6.47. The number of aryl methyl sites for hydroxylation is 2. The summed E-state index contributed by atoms with van der Waals surface area (Å²) in [5.74, 6) is 0.977. The van der Waals surface area contributed by atoms with Crippen LogP contribution in [0.3, 0.4) is 0 Å². The Bertz CT molecular complexity index is 647. The maximum Gasteiger partial charge on any atom is 0.206 e. The van der Waals surface area contributed by atoms with Crippen LogP contribution in [0.15, 0.2) is 12.1 Å². The van der Waals surface area contributed by atoms with Crippen LogP contribution in [0, 0.1) is 13.8 Å². The number of nitrogens with zero attached hydrogens (tertiary/aromatic N) is 2. The SMILES string of the molecule is COc1cc(C)c(C(=O)c2snnc2C(C)C)cc1C. The number of aromatic nitrogens is 2. The van der Waals surface area contributed by atoms with E-state index in [2.05, 4.69) is 9.59 Å². The molecular formula is C15H18N2O2S. The van der Waals surface area contributed by atoms with Gasteiger partial charge in [0.2, 0.25) is 5.78 Å². The van der Waals surface area contributed by atoms with Gasteiger partial charge in [-0.15, -0.1) is 5.10 Å². The topological polar surface area (TPSA) is 52.1 Å². The van der Waals surface area contributed by atoms with Crippen molar-refractivity contribution in [1.29, 1.82) is 0 Å². The van der Waals surface area contributed by atoms with E-state index in [1.54, 1.807) is 7.11 Å². The molecule has 0 saturated carbocycles. The van der Waals surface area contributed by atoms with Gasteiger partial charge in [0.15, 0.2) is 0 Å². The van der Waals surface area contributed by atoms with Crippen LogP contribution in [0.5, 0.6) is 5.75 Å². The number of rotatable bonds is 4. The van der Waals surface area contributed by atoms with E-state index in [-0.39, 0.29) is 11.7 Å². The summed E-state index contributed by atoms with van der Waals surface area (Å²) in [6, 6.07) is 3.77. The van der Waals surface area contributed by atoms with Crippen LogP contribution in [0.2, 0.25) is 0 Å². The summed E-state index contributed by atoms with van der Waals surface area (Å²) in [5, 5.41) is 4.07. The van der Waals surface area contributed by atoms with Crippen LogP contribution in [0.1, 0.15) is 51.8 Å². The summed E-state index contributed by atoms with van der Waals surface area (Å²) in [5.41, 5.74) is 3.31. The Kier molecular flexibility index (Phi) is 4.18. The molecule has 106 valence electrons. The van der Waals surface area contributed by atoms with Crippen LogP contribution in [0.4, 0.5) is 0 Å². The first-order chi connectivity index (χ1) is 9.45. The first kappa shape index (κ1) is 14.7. The quantitative estimate of drug-likeness (QED) is 0.808. The maximum atomic E-state index is 12.7. The number of hydrogen-bond acceptors (Lipinski definition) is 5. The lowest BCUT2D eigenvalue weighted by atomic mass is 9.98. The lowest BCUT2D eigenvalue weighted by Crippen LogP contribution is -2.07. The van der Waals surface area contributed by atoms with Gasteiger partial charge in [-0.25, -0.2) is 0 Å². The van der Waals surface area contributed by atoms with Gasteiger partial charge < -0.3 is 4.74 Å². The van der Waals surface area contributed by atoms with Gasteiger partial charge in [-0.3, -0.25) is 4.79 Å². The second-order valence-electron chi connectivity index (χ2n) is 5.11. The Labute approximate surface area is 123 Å². The number of ether oxygens (including phenoxy) is 1. The Morgan fingerprint density at radius 3 is 2.55 bits per heavy atom. The molecule has 20 heavy (non-hydrogen) atoms. The van der Waals surface area contributed by atoms with Gasteiger partial charge in [-0.2, -0.15) is 0 Å². The van der Waals surface area contributed by atoms with E-state index < -0.39 is 0 Å². The van der Waals surface area contributed by atoms with Gasteiger partial charge in [-0.05, 0) is 54.6 Å².